The summed E-state index contributed by atoms with van der Waals surface area (Å²) in [5, 5.41) is 0. The van der Waals surface area contributed by atoms with Gasteiger partial charge < -0.3 is 0 Å². The van der Waals surface area contributed by atoms with Gasteiger partial charge in [-0.2, -0.15) is 0 Å². The number of amides is 2. The van der Waals surface area contributed by atoms with E-state index in [0.29, 0.717) is 17.7 Å². The molecule has 1 heterocycles. The second-order valence-corrected chi connectivity index (χ2v) is 6.23. The van der Waals surface area contributed by atoms with Crippen LogP contribution in [0.5, 0.6) is 0 Å². The molecule has 1 aliphatic heterocycles. The van der Waals surface area contributed by atoms with Crippen LogP contribution in [0.4, 0.5) is 0 Å². The van der Waals surface area contributed by atoms with Crippen LogP contribution in [0.15, 0.2) is 34.3 Å². The number of rotatable bonds is 3. The fourth-order valence-corrected chi connectivity index (χ4v) is 3.21. The van der Waals surface area contributed by atoms with Crippen molar-refractivity contribution in [3.63, 3.8) is 0 Å². The summed E-state index contributed by atoms with van der Waals surface area (Å²) in [5.74, 6) is -0.323. The van der Waals surface area contributed by atoms with Crippen LogP contribution < -0.4 is 0 Å². The Morgan fingerprint density at radius 2 is 1.90 bits per heavy atom. The molecule has 0 bridgehead atoms. The van der Waals surface area contributed by atoms with E-state index in [1.165, 1.54) is 23.3 Å². The first-order chi connectivity index (χ1) is 9.66. The van der Waals surface area contributed by atoms with Gasteiger partial charge in [0.25, 0.3) is 11.8 Å². The van der Waals surface area contributed by atoms with Gasteiger partial charge in [0.2, 0.25) is 0 Å². The van der Waals surface area contributed by atoms with Crippen molar-refractivity contribution in [2.75, 3.05) is 6.54 Å². The number of halogens is 1. The highest BCUT2D eigenvalue weighted by Gasteiger charge is 2.35. The lowest BCUT2D eigenvalue weighted by Gasteiger charge is -2.17. The van der Waals surface area contributed by atoms with Crippen LogP contribution in [0.1, 0.15) is 52.8 Å². The Labute approximate surface area is 126 Å². The Morgan fingerprint density at radius 1 is 1.10 bits per heavy atom. The van der Waals surface area contributed by atoms with Gasteiger partial charge in [0.05, 0.1) is 11.1 Å². The van der Waals surface area contributed by atoms with Crippen LogP contribution in [-0.2, 0) is 0 Å². The third kappa shape index (κ3) is 2.44. The maximum absolute atomic E-state index is 12.3. The average molecular weight is 334 g/mol. The van der Waals surface area contributed by atoms with Crippen LogP contribution in [0, 0.1) is 0 Å². The minimum atomic E-state index is -0.164. The lowest BCUT2D eigenvalue weighted by atomic mass is 9.97. The largest absolute Gasteiger partial charge is 0.274 e. The molecular weight excluding hydrogens is 318 g/mol. The molecule has 0 radical (unpaired) electrons. The Kier molecular flexibility index (Phi) is 3.74. The Morgan fingerprint density at radius 3 is 2.65 bits per heavy atom. The van der Waals surface area contributed by atoms with Gasteiger partial charge in [-0.05, 0) is 50.3 Å². The highest BCUT2D eigenvalue weighted by atomic mass is 79.9. The molecule has 3 rings (SSSR count). The van der Waals surface area contributed by atoms with Gasteiger partial charge in [-0.1, -0.05) is 27.6 Å². The maximum atomic E-state index is 12.3. The zero-order valence-corrected chi connectivity index (χ0v) is 12.8. The van der Waals surface area contributed by atoms with Crippen LogP contribution in [0.3, 0.4) is 0 Å². The van der Waals surface area contributed by atoms with E-state index in [0.717, 1.165) is 23.7 Å². The van der Waals surface area contributed by atoms with Gasteiger partial charge >= 0.3 is 0 Å². The predicted octanol–water partition coefficient (Wildman–Crippen LogP) is 3.94. The summed E-state index contributed by atoms with van der Waals surface area (Å²) in [6.07, 6.45) is 7.79. The predicted molar refractivity (Wildman–Crippen MR) is 80.7 cm³/mol. The molecule has 0 unspecified atom stereocenters. The molecule has 0 saturated heterocycles. The van der Waals surface area contributed by atoms with Crippen molar-refractivity contribution in [2.24, 2.45) is 0 Å². The second kappa shape index (κ2) is 5.52. The number of allylic oxidation sites excluding steroid dienone is 1. The molecule has 1 aliphatic carbocycles. The molecule has 4 heteroatoms. The van der Waals surface area contributed by atoms with Gasteiger partial charge in [-0.25, -0.2) is 0 Å². The number of hydrogen-bond donors (Lipinski definition) is 0. The molecule has 0 atom stereocenters. The van der Waals surface area contributed by atoms with Crippen LogP contribution in [0.2, 0.25) is 0 Å². The van der Waals surface area contributed by atoms with E-state index in [1.807, 2.05) is 0 Å². The van der Waals surface area contributed by atoms with Gasteiger partial charge in [0.15, 0.2) is 0 Å². The zero-order chi connectivity index (χ0) is 14.1. The smallest absolute Gasteiger partial charge is 0.261 e. The summed E-state index contributed by atoms with van der Waals surface area (Å²) in [7, 11) is 0. The molecule has 20 heavy (non-hydrogen) atoms. The molecule has 0 saturated carbocycles. The summed E-state index contributed by atoms with van der Waals surface area (Å²) < 4.78 is 0.828. The Bertz CT molecular complexity index is 606. The second-order valence-electron chi connectivity index (χ2n) is 5.31. The number of hydrogen-bond acceptors (Lipinski definition) is 2. The van der Waals surface area contributed by atoms with Crippen molar-refractivity contribution in [1.82, 2.24) is 4.90 Å². The van der Waals surface area contributed by atoms with Gasteiger partial charge in [-0.3, -0.25) is 14.5 Å². The van der Waals surface area contributed by atoms with E-state index in [9.17, 15) is 9.59 Å². The molecule has 0 aromatic heterocycles. The quantitative estimate of drug-likeness (QED) is 0.620. The number of nitrogens with zero attached hydrogens (tertiary/aromatic N) is 1. The third-order valence-corrected chi connectivity index (χ3v) is 4.47. The monoisotopic (exact) mass is 333 g/mol. The molecule has 2 amide bonds. The van der Waals surface area contributed by atoms with Crippen molar-refractivity contribution in [2.45, 2.75) is 32.1 Å². The minimum Gasteiger partial charge on any atom is -0.274 e. The van der Waals surface area contributed by atoms with Crippen molar-refractivity contribution >= 4 is 27.7 Å². The normalized spacial score (nSPS) is 18.2. The number of carbonyl (C=O) groups is 2. The van der Waals surface area contributed by atoms with Gasteiger partial charge in [0, 0.05) is 11.0 Å². The highest BCUT2D eigenvalue weighted by molar-refractivity contribution is 9.10. The van der Waals surface area contributed by atoms with E-state index >= 15 is 0 Å². The number of benzene rings is 1. The molecule has 0 spiro atoms. The summed E-state index contributed by atoms with van der Waals surface area (Å²) in [6, 6.07) is 5.26. The maximum Gasteiger partial charge on any atom is 0.261 e. The lowest BCUT2D eigenvalue weighted by molar-refractivity contribution is 0.0655. The topological polar surface area (TPSA) is 37.4 Å². The Hall–Kier alpha value is -1.42. The molecule has 0 N–H and O–H groups in total. The molecule has 3 nitrogen and oxygen atoms in total. The third-order valence-electron chi connectivity index (χ3n) is 3.97. The van der Waals surface area contributed by atoms with E-state index in [2.05, 4.69) is 22.0 Å². The fraction of sp³-hybridized carbons (Fsp3) is 0.375. The van der Waals surface area contributed by atoms with E-state index < -0.39 is 0 Å². The summed E-state index contributed by atoms with van der Waals surface area (Å²) in [5.41, 5.74) is 2.42. The summed E-state index contributed by atoms with van der Waals surface area (Å²) in [4.78, 5) is 25.9. The standard InChI is InChI=1S/C16H16BrNO2/c17-12-6-7-13-14(10-12)16(20)18(15(13)19)9-8-11-4-2-1-3-5-11/h4,6-7,10H,1-3,5,8-9H2. The van der Waals surface area contributed by atoms with E-state index in [4.69, 9.17) is 0 Å². The first kappa shape index (κ1) is 13.6. The SMILES string of the molecule is O=C1c2ccc(Br)cc2C(=O)N1CCC1=CCCCC1. The number of fused-ring (bicyclic) bond motifs is 1. The zero-order valence-electron chi connectivity index (χ0n) is 11.2. The van der Waals surface area contributed by atoms with Crippen LogP contribution in [0.25, 0.3) is 0 Å². The van der Waals surface area contributed by atoms with Crippen molar-refractivity contribution in [3.8, 4) is 0 Å². The summed E-state index contributed by atoms with van der Waals surface area (Å²) in [6.45, 7) is 0.496. The van der Waals surface area contributed by atoms with Crippen molar-refractivity contribution in [1.29, 1.82) is 0 Å². The van der Waals surface area contributed by atoms with Gasteiger partial charge in [-0.15, -0.1) is 0 Å². The molecule has 2 aliphatic rings. The average Bonchev–Trinajstić information content (AvgIpc) is 2.70. The lowest BCUT2D eigenvalue weighted by Crippen LogP contribution is -2.31. The van der Waals surface area contributed by atoms with E-state index in [1.54, 1.807) is 18.2 Å². The molecule has 1 aromatic rings. The van der Waals surface area contributed by atoms with Gasteiger partial charge in [0.1, 0.15) is 0 Å². The molecule has 0 fully saturated rings. The van der Waals surface area contributed by atoms with Crippen molar-refractivity contribution in [3.05, 3.63) is 45.4 Å². The summed E-state index contributed by atoms with van der Waals surface area (Å²) >= 11 is 3.34. The Balaban J connectivity index is 1.74. The fourth-order valence-electron chi connectivity index (χ4n) is 2.85. The minimum absolute atomic E-state index is 0.158. The molecule has 104 valence electrons. The van der Waals surface area contributed by atoms with Crippen LogP contribution >= 0.6 is 15.9 Å². The van der Waals surface area contributed by atoms with Crippen LogP contribution in [-0.4, -0.2) is 23.3 Å². The first-order valence-corrected chi connectivity index (χ1v) is 7.80. The number of carbonyl (C=O) groups excluding carboxylic acids is 2. The number of imide groups is 1. The first-order valence-electron chi connectivity index (χ1n) is 7.00. The molecular formula is C16H16BrNO2. The van der Waals surface area contributed by atoms with Crippen molar-refractivity contribution < 1.29 is 9.59 Å². The molecule has 1 aromatic carbocycles. The highest BCUT2D eigenvalue weighted by Crippen LogP contribution is 2.27. The van der Waals surface area contributed by atoms with E-state index in [-0.39, 0.29) is 11.8 Å².